The number of carbonyl (C=O) groups is 2. The van der Waals surface area contributed by atoms with Gasteiger partial charge in [0.15, 0.2) is 0 Å². The highest BCUT2D eigenvalue weighted by molar-refractivity contribution is 5.81. The second-order valence-corrected chi connectivity index (χ2v) is 5.43. The Morgan fingerprint density at radius 3 is 2.71 bits per heavy atom. The Hall–Kier alpha value is -1.88. The average molecular weight is 291 g/mol. The Kier molecular flexibility index (Phi) is 5.33. The van der Waals surface area contributed by atoms with E-state index in [2.05, 4.69) is 5.32 Å². The third-order valence-electron chi connectivity index (χ3n) is 3.87. The number of amides is 1. The van der Waals surface area contributed by atoms with Gasteiger partial charge >= 0.3 is 5.97 Å². The molecule has 1 fully saturated rings. The molecule has 5 nitrogen and oxygen atoms in total. The van der Waals surface area contributed by atoms with Gasteiger partial charge in [0.2, 0.25) is 5.91 Å². The molecule has 0 spiro atoms. The van der Waals surface area contributed by atoms with E-state index >= 15 is 0 Å². The van der Waals surface area contributed by atoms with Gasteiger partial charge < -0.3 is 15.2 Å². The number of hydrogen-bond donors (Lipinski definition) is 2. The van der Waals surface area contributed by atoms with Crippen molar-refractivity contribution in [2.45, 2.75) is 44.9 Å². The first-order valence-corrected chi connectivity index (χ1v) is 7.26. The number of benzene rings is 1. The fraction of sp³-hybridized carbons (Fsp3) is 0.500. The van der Waals surface area contributed by atoms with Crippen molar-refractivity contribution in [2.75, 3.05) is 0 Å². The van der Waals surface area contributed by atoms with Crippen LogP contribution >= 0.6 is 0 Å². The Bertz CT molecular complexity index is 488. The minimum atomic E-state index is -0.837. The summed E-state index contributed by atoms with van der Waals surface area (Å²) in [6.07, 6.45) is 1.58. The van der Waals surface area contributed by atoms with Gasteiger partial charge in [0, 0.05) is 6.04 Å². The zero-order valence-corrected chi connectivity index (χ0v) is 12.1. The fourth-order valence-corrected chi connectivity index (χ4v) is 2.60. The predicted molar refractivity (Wildman–Crippen MR) is 77.6 cm³/mol. The number of aliphatic carboxylic acids is 1. The molecule has 1 aliphatic rings. The largest absolute Gasteiger partial charge is 0.481 e. The summed E-state index contributed by atoms with van der Waals surface area (Å²) in [6, 6.07) is 9.34. The van der Waals surface area contributed by atoms with Crippen LogP contribution in [0.4, 0.5) is 0 Å². The second-order valence-electron chi connectivity index (χ2n) is 5.43. The van der Waals surface area contributed by atoms with Crippen LogP contribution in [0.25, 0.3) is 0 Å². The number of carboxylic acids is 1. The first-order chi connectivity index (χ1) is 10.1. The van der Waals surface area contributed by atoms with Crippen LogP contribution in [0.1, 0.15) is 31.7 Å². The van der Waals surface area contributed by atoms with Crippen LogP contribution in [0, 0.1) is 5.92 Å². The summed E-state index contributed by atoms with van der Waals surface area (Å²) < 4.78 is 5.54. The summed E-state index contributed by atoms with van der Waals surface area (Å²) >= 11 is 0. The Morgan fingerprint density at radius 2 is 2.05 bits per heavy atom. The van der Waals surface area contributed by atoms with Crippen molar-refractivity contribution >= 4 is 11.9 Å². The maximum atomic E-state index is 12.1. The lowest BCUT2D eigenvalue weighted by molar-refractivity contribution is -0.143. The number of carbonyl (C=O) groups excluding carboxylic acids is 1. The maximum Gasteiger partial charge on any atom is 0.308 e. The van der Waals surface area contributed by atoms with Crippen molar-refractivity contribution in [3.8, 4) is 0 Å². The van der Waals surface area contributed by atoms with Gasteiger partial charge in [0.1, 0.15) is 6.10 Å². The lowest BCUT2D eigenvalue weighted by Gasteiger charge is -2.20. The van der Waals surface area contributed by atoms with Crippen LogP contribution in [0.5, 0.6) is 0 Å². The van der Waals surface area contributed by atoms with Crippen molar-refractivity contribution < 1.29 is 19.4 Å². The molecule has 0 radical (unpaired) electrons. The van der Waals surface area contributed by atoms with E-state index in [9.17, 15) is 9.59 Å². The van der Waals surface area contributed by atoms with Crippen LogP contribution < -0.4 is 5.32 Å². The van der Waals surface area contributed by atoms with Crippen LogP contribution in [0.15, 0.2) is 30.3 Å². The summed E-state index contributed by atoms with van der Waals surface area (Å²) in [4.78, 5) is 23.2. The molecule has 3 atom stereocenters. The second kappa shape index (κ2) is 7.22. The van der Waals surface area contributed by atoms with E-state index in [1.165, 1.54) is 0 Å². The average Bonchev–Trinajstić information content (AvgIpc) is 2.94. The lowest BCUT2D eigenvalue weighted by atomic mass is 10.0. The van der Waals surface area contributed by atoms with E-state index < -0.39 is 18.0 Å². The summed E-state index contributed by atoms with van der Waals surface area (Å²) in [6.45, 7) is 2.05. The number of carboxylic acid groups (broad SMARTS) is 1. The van der Waals surface area contributed by atoms with Gasteiger partial charge in [-0.15, -0.1) is 0 Å². The van der Waals surface area contributed by atoms with Crippen LogP contribution in [0.3, 0.4) is 0 Å². The molecule has 1 amide bonds. The molecule has 0 heterocycles. The van der Waals surface area contributed by atoms with Gasteiger partial charge in [0.05, 0.1) is 12.5 Å². The van der Waals surface area contributed by atoms with E-state index in [1.807, 2.05) is 30.3 Å². The number of hydrogen-bond acceptors (Lipinski definition) is 3. The standard InChI is InChI=1S/C16H21NO4/c1-11(21-10-12-6-3-2-4-7-12)15(18)17-14-9-5-8-13(14)16(19)20/h2-4,6-7,11,13-14H,5,8-10H2,1H3,(H,17,18)(H,19,20)/t11?,13-,14+/m0/s1. The van der Waals surface area contributed by atoms with Gasteiger partial charge in [-0.2, -0.15) is 0 Å². The van der Waals surface area contributed by atoms with Crippen LogP contribution in [-0.2, 0) is 20.9 Å². The van der Waals surface area contributed by atoms with E-state index in [0.29, 0.717) is 19.4 Å². The van der Waals surface area contributed by atoms with Crippen molar-refractivity contribution in [3.05, 3.63) is 35.9 Å². The molecule has 1 saturated carbocycles. The van der Waals surface area contributed by atoms with Gasteiger partial charge in [0.25, 0.3) is 0 Å². The molecule has 0 aromatic heterocycles. The topological polar surface area (TPSA) is 75.6 Å². The van der Waals surface area contributed by atoms with Crippen LogP contribution in [-0.4, -0.2) is 29.1 Å². The molecule has 21 heavy (non-hydrogen) atoms. The zero-order valence-electron chi connectivity index (χ0n) is 12.1. The third-order valence-corrected chi connectivity index (χ3v) is 3.87. The SMILES string of the molecule is CC(OCc1ccccc1)C(=O)N[C@@H]1CCC[C@@H]1C(=O)O. The highest BCUT2D eigenvalue weighted by Gasteiger charge is 2.34. The molecule has 1 unspecified atom stereocenters. The number of nitrogens with one attached hydrogen (secondary N) is 1. The summed E-state index contributed by atoms with van der Waals surface area (Å²) in [5.41, 5.74) is 1.00. The van der Waals surface area contributed by atoms with Crippen molar-refractivity contribution in [1.82, 2.24) is 5.32 Å². The lowest BCUT2D eigenvalue weighted by Crippen LogP contribution is -2.44. The van der Waals surface area contributed by atoms with E-state index in [0.717, 1.165) is 12.0 Å². The van der Waals surface area contributed by atoms with Gasteiger partial charge in [-0.05, 0) is 25.3 Å². The quantitative estimate of drug-likeness (QED) is 0.840. The minimum absolute atomic E-state index is 0.246. The third kappa shape index (κ3) is 4.29. The molecule has 114 valence electrons. The molecule has 0 aliphatic heterocycles. The molecule has 0 bridgehead atoms. The van der Waals surface area contributed by atoms with Crippen LogP contribution in [0.2, 0.25) is 0 Å². The van der Waals surface area contributed by atoms with Crippen molar-refractivity contribution in [2.24, 2.45) is 5.92 Å². The smallest absolute Gasteiger partial charge is 0.308 e. The molecular weight excluding hydrogens is 270 g/mol. The molecule has 0 saturated heterocycles. The molecule has 1 aromatic carbocycles. The number of ether oxygens (including phenoxy) is 1. The highest BCUT2D eigenvalue weighted by atomic mass is 16.5. The molecule has 2 rings (SSSR count). The fourth-order valence-electron chi connectivity index (χ4n) is 2.60. The van der Waals surface area contributed by atoms with Crippen molar-refractivity contribution in [1.29, 1.82) is 0 Å². The first-order valence-electron chi connectivity index (χ1n) is 7.26. The Morgan fingerprint density at radius 1 is 1.33 bits per heavy atom. The molecule has 1 aromatic rings. The molecular formula is C16H21NO4. The van der Waals surface area contributed by atoms with Gasteiger partial charge in [-0.1, -0.05) is 36.8 Å². The van der Waals surface area contributed by atoms with E-state index in [4.69, 9.17) is 9.84 Å². The monoisotopic (exact) mass is 291 g/mol. The highest BCUT2D eigenvalue weighted by Crippen LogP contribution is 2.25. The Balaban J connectivity index is 1.81. The number of rotatable bonds is 6. The molecule has 2 N–H and O–H groups in total. The normalized spacial score (nSPS) is 22.7. The van der Waals surface area contributed by atoms with Gasteiger partial charge in [-0.3, -0.25) is 9.59 Å². The van der Waals surface area contributed by atoms with E-state index in [1.54, 1.807) is 6.92 Å². The molecule has 5 heteroatoms. The predicted octanol–water partition coefficient (Wildman–Crippen LogP) is 1.96. The summed E-state index contributed by atoms with van der Waals surface area (Å²) in [7, 11) is 0. The summed E-state index contributed by atoms with van der Waals surface area (Å²) in [5.74, 6) is -1.56. The van der Waals surface area contributed by atoms with Gasteiger partial charge in [-0.25, -0.2) is 0 Å². The van der Waals surface area contributed by atoms with Crippen molar-refractivity contribution in [3.63, 3.8) is 0 Å². The molecule has 1 aliphatic carbocycles. The zero-order chi connectivity index (χ0) is 15.2. The Labute approximate surface area is 124 Å². The summed E-state index contributed by atoms with van der Waals surface area (Å²) in [5, 5.41) is 11.9. The maximum absolute atomic E-state index is 12.1. The first kappa shape index (κ1) is 15.5. The van der Waals surface area contributed by atoms with E-state index in [-0.39, 0.29) is 11.9 Å². The minimum Gasteiger partial charge on any atom is -0.481 e.